The summed E-state index contributed by atoms with van der Waals surface area (Å²) in [4.78, 5) is 19.9. The normalized spacial score (nSPS) is 20.2. The summed E-state index contributed by atoms with van der Waals surface area (Å²) >= 11 is 0. The lowest BCUT2D eigenvalue weighted by molar-refractivity contribution is 0.0838. The molecule has 1 aromatic heterocycles. The first-order valence-corrected chi connectivity index (χ1v) is 15.8. The predicted molar refractivity (Wildman–Crippen MR) is 166 cm³/mol. The number of nitrogens with zero attached hydrogens (tertiary/aromatic N) is 6. The van der Waals surface area contributed by atoms with Gasteiger partial charge in [-0.1, -0.05) is 0 Å². The molecule has 3 aliphatic rings. The van der Waals surface area contributed by atoms with Crippen LogP contribution >= 0.6 is 0 Å². The first-order valence-electron chi connectivity index (χ1n) is 15.8. The number of hydrogen-bond acceptors (Lipinski definition) is 10. The van der Waals surface area contributed by atoms with Crippen molar-refractivity contribution in [2.24, 2.45) is 0 Å². The summed E-state index contributed by atoms with van der Waals surface area (Å²) in [5.41, 5.74) is 0.875. The number of aromatic nitrogens is 2. The van der Waals surface area contributed by atoms with Crippen molar-refractivity contribution in [3.8, 4) is 11.5 Å². The number of likely N-dealkylation sites (tertiary alicyclic amines) is 2. The Hall–Kier alpha value is -2.40. The van der Waals surface area contributed by atoms with Gasteiger partial charge in [-0.15, -0.1) is 0 Å². The van der Waals surface area contributed by atoms with Crippen LogP contribution in [0.1, 0.15) is 46.0 Å². The number of fused-ring (bicyclic) bond motifs is 1. The fraction of sp³-hybridized carbons (Fsp3) is 0.742. The van der Waals surface area contributed by atoms with Crippen LogP contribution in [-0.4, -0.2) is 130 Å². The summed E-state index contributed by atoms with van der Waals surface area (Å²) in [5, 5.41) is 4.78. The molecule has 3 aliphatic heterocycles. The Balaban J connectivity index is 1.32. The van der Waals surface area contributed by atoms with E-state index in [1.807, 2.05) is 12.1 Å². The number of nitrogens with one attached hydrogen (secondary N) is 1. The van der Waals surface area contributed by atoms with E-state index in [0.29, 0.717) is 36.8 Å². The predicted octanol–water partition coefficient (Wildman–Crippen LogP) is 3.56. The molecule has 41 heavy (non-hydrogen) atoms. The molecule has 1 N–H and O–H groups in total. The second-order valence-corrected chi connectivity index (χ2v) is 12.1. The highest BCUT2D eigenvalue weighted by atomic mass is 16.5. The fourth-order valence-corrected chi connectivity index (χ4v) is 6.16. The van der Waals surface area contributed by atoms with Crippen molar-refractivity contribution in [1.29, 1.82) is 0 Å². The molecule has 0 amide bonds. The van der Waals surface area contributed by atoms with E-state index in [4.69, 9.17) is 24.2 Å². The largest absolute Gasteiger partial charge is 0.493 e. The van der Waals surface area contributed by atoms with E-state index < -0.39 is 0 Å². The third kappa shape index (κ3) is 8.12. The molecule has 228 valence electrons. The summed E-state index contributed by atoms with van der Waals surface area (Å²) in [5.74, 6) is 3.07. The molecular formula is C31H51N7O3. The van der Waals surface area contributed by atoms with Gasteiger partial charge in [-0.25, -0.2) is 4.98 Å². The number of likely N-dealkylation sites (N-methyl/N-ethyl adjacent to an activating group) is 1. The number of benzene rings is 1. The SMILES string of the molecule is COc1cc2c(NC3CCN(C(C)C)CC3)nc(N3CCCN(C)CC3)nc2cc1OCCOCCN1CCCC1. The zero-order chi connectivity index (χ0) is 28.6. The van der Waals surface area contributed by atoms with Crippen molar-refractivity contribution < 1.29 is 14.2 Å². The molecule has 4 heterocycles. The van der Waals surface area contributed by atoms with E-state index in [1.165, 1.54) is 25.9 Å². The van der Waals surface area contributed by atoms with E-state index in [0.717, 1.165) is 94.4 Å². The lowest BCUT2D eigenvalue weighted by Crippen LogP contribution is -2.42. The molecule has 3 saturated heterocycles. The molecule has 0 unspecified atom stereocenters. The smallest absolute Gasteiger partial charge is 0.227 e. The fourth-order valence-electron chi connectivity index (χ4n) is 6.16. The molecule has 3 fully saturated rings. The second kappa shape index (κ2) is 14.7. The van der Waals surface area contributed by atoms with E-state index in [9.17, 15) is 0 Å². The summed E-state index contributed by atoms with van der Waals surface area (Å²) in [7, 11) is 3.88. The van der Waals surface area contributed by atoms with Crippen LogP contribution in [0.15, 0.2) is 12.1 Å². The van der Waals surface area contributed by atoms with Crippen molar-refractivity contribution >= 4 is 22.7 Å². The highest BCUT2D eigenvalue weighted by Gasteiger charge is 2.24. The first-order chi connectivity index (χ1) is 20.0. The molecule has 5 rings (SSSR count). The first kappa shape index (κ1) is 30.1. The maximum absolute atomic E-state index is 6.18. The number of hydrogen-bond donors (Lipinski definition) is 1. The summed E-state index contributed by atoms with van der Waals surface area (Å²) in [6.07, 6.45) is 5.91. The summed E-state index contributed by atoms with van der Waals surface area (Å²) in [6, 6.07) is 5.01. The van der Waals surface area contributed by atoms with Gasteiger partial charge in [0, 0.05) is 62.8 Å². The Morgan fingerprint density at radius 2 is 1.68 bits per heavy atom. The maximum atomic E-state index is 6.18. The number of rotatable bonds is 12. The van der Waals surface area contributed by atoms with Gasteiger partial charge < -0.3 is 39.1 Å². The quantitative estimate of drug-likeness (QED) is 0.384. The van der Waals surface area contributed by atoms with Crippen molar-refractivity contribution in [2.75, 3.05) is 103 Å². The van der Waals surface area contributed by atoms with Gasteiger partial charge in [0.05, 0.1) is 25.8 Å². The minimum absolute atomic E-state index is 0.380. The number of anilines is 2. The van der Waals surface area contributed by atoms with Crippen molar-refractivity contribution in [3.63, 3.8) is 0 Å². The Labute approximate surface area is 246 Å². The third-order valence-electron chi connectivity index (χ3n) is 8.81. The zero-order valence-corrected chi connectivity index (χ0v) is 25.7. The maximum Gasteiger partial charge on any atom is 0.227 e. The molecule has 1 aromatic carbocycles. The summed E-state index contributed by atoms with van der Waals surface area (Å²) in [6.45, 7) is 15.9. The molecule has 0 atom stereocenters. The van der Waals surface area contributed by atoms with Gasteiger partial charge >= 0.3 is 0 Å². The van der Waals surface area contributed by atoms with Crippen LogP contribution in [0.4, 0.5) is 11.8 Å². The van der Waals surface area contributed by atoms with Crippen molar-refractivity contribution in [2.45, 2.75) is 58.0 Å². The molecule has 0 bridgehead atoms. The second-order valence-electron chi connectivity index (χ2n) is 12.1. The average Bonchev–Trinajstić information content (AvgIpc) is 3.40. The Morgan fingerprint density at radius 1 is 0.878 bits per heavy atom. The molecule has 0 radical (unpaired) electrons. The van der Waals surface area contributed by atoms with Crippen LogP contribution in [0.5, 0.6) is 11.5 Å². The van der Waals surface area contributed by atoms with Gasteiger partial charge in [0.15, 0.2) is 11.5 Å². The van der Waals surface area contributed by atoms with Gasteiger partial charge in [0.25, 0.3) is 0 Å². The Kier molecular flexibility index (Phi) is 10.8. The lowest BCUT2D eigenvalue weighted by atomic mass is 10.0. The van der Waals surface area contributed by atoms with E-state index in [2.05, 4.69) is 45.8 Å². The monoisotopic (exact) mass is 569 g/mol. The minimum atomic E-state index is 0.380. The zero-order valence-electron chi connectivity index (χ0n) is 25.7. The number of methoxy groups -OCH3 is 1. The van der Waals surface area contributed by atoms with Crippen LogP contribution in [0.25, 0.3) is 10.9 Å². The van der Waals surface area contributed by atoms with Crippen LogP contribution in [0.2, 0.25) is 0 Å². The number of piperidine rings is 1. The van der Waals surface area contributed by atoms with Crippen LogP contribution < -0.4 is 19.7 Å². The van der Waals surface area contributed by atoms with Crippen molar-refractivity contribution in [3.05, 3.63) is 12.1 Å². The third-order valence-corrected chi connectivity index (χ3v) is 8.81. The molecule has 10 nitrogen and oxygen atoms in total. The number of ether oxygens (including phenoxy) is 3. The highest BCUT2D eigenvalue weighted by molar-refractivity contribution is 5.93. The van der Waals surface area contributed by atoms with Crippen LogP contribution in [0, 0.1) is 0 Å². The van der Waals surface area contributed by atoms with Gasteiger partial charge in [-0.3, -0.25) is 0 Å². The molecule has 0 spiro atoms. The molecule has 10 heteroatoms. The molecular weight excluding hydrogens is 518 g/mol. The van der Waals surface area contributed by atoms with Gasteiger partial charge in [-0.2, -0.15) is 4.98 Å². The Morgan fingerprint density at radius 3 is 2.44 bits per heavy atom. The van der Waals surface area contributed by atoms with Crippen LogP contribution in [-0.2, 0) is 4.74 Å². The van der Waals surface area contributed by atoms with Crippen molar-refractivity contribution in [1.82, 2.24) is 24.7 Å². The van der Waals surface area contributed by atoms with Crippen LogP contribution in [0.3, 0.4) is 0 Å². The van der Waals surface area contributed by atoms with E-state index >= 15 is 0 Å². The standard InChI is InChI=1S/C31H51N7O3/c1-24(2)37-14-8-25(9-15-37)32-30-26-22-28(39-4)29(41-21-20-40-19-18-36-11-5-6-12-36)23-27(26)33-31(34-30)38-13-7-10-35(3)16-17-38/h22-25H,5-21H2,1-4H3,(H,32,33,34). The summed E-state index contributed by atoms with van der Waals surface area (Å²) < 4.78 is 17.8. The van der Waals surface area contributed by atoms with E-state index in [-0.39, 0.29) is 0 Å². The molecule has 0 aliphatic carbocycles. The lowest BCUT2D eigenvalue weighted by Gasteiger charge is -2.35. The average molecular weight is 570 g/mol. The minimum Gasteiger partial charge on any atom is -0.493 e. The topological polar surface area (TPSA) is 78.5 Å². The molecule has 0 saturated carbocycles. The van der Waals surface area contributed by atoms with Gasteiger partial charge in [-0.05, 0) is 78.7 Å². The van der Waals surface area contributed by atoms with Gasteiger partial charge in [0.2, 0.25) is 5.95 Å². The Bertz CT molecular complexity index is 1100. The van der Waals surface area contributed by atoms with Gasteiger partial charge in [0.1, 0.15) is 12.4 Å². The highest BCUT2D eigenvalue weighted by Crippen LogP contribution is 2.36. The molecule has 2 aromatic rings. The van der Waals surface area contributed by atoms with E-state index in [1.54, 1.807) is 7.11 Å².